The summed E-state index contributed by atoms with van der Waals surface area (Å²) in [5.74, 6) is 0.593. The second kappa shape index (κ2) is 5.67. The van der Waals surface area contributed by atoms with Crippen molar-refractivity contribution in [3.8, 4) is 0 Å². The molecule has 0 aromatic carbocycles. The van der Waals surface area contributed by atoms with E-state index in [-0.39, 0.29) is 6.10 Å². The standard InChI is InChI=1S/C12H20N4OS/c1-8-7-16(4-5-17-8)12(13)14-6-11-15-9(2)10(3)18-11/h8H,4-7H2,1-3H3,(H2,13,14). The highest BCUT2D eigenvalue weighted by molar-refractivity contribution is 7.11. The van der Waals surface area contributed by atoms with Crippen molar-refractivity contribution in [2.45, 2.75) is 33.4 Å². The zero-order chi connectivity index (χ0) is 13.1. The number of hydrogen-bond donors (Lipinski definition) is 1. The molecule has 0 amide bonds. The van der Waals surface area contributed by atoms with Crippen LogP contribution in [0.2, 0.25) is 0 Å². The molecule has 1 aliphatic rings. The third kappa shape index (κ3) is 3.20. The summed E-state index contributed by atoms with van der Waals surface area (Å²) in [4.78, 5) is 12.2. The summed E-state index contributed by atoms with van der Waals surface area (Å²) in [7, 11) is 0. The summed E-state index contributed by atoms with van der Waals surface area (Å²) in [6.07, 6.45) is 0.219. The van der Waals surface area contributed by atoms with Gasteiger partial charge in [0.1, 0.15) is 5.01 Å². The Morgan fingerprint density at radius 3 is 3.00 bits per heavy atom. The second-order valence-electron chi connectivity index (χ2n) is 4.55. The van der Waals surface area contributed by atoms with Gasteiger partial charge in [-0.05, 0) is 20.8 Å². The fraction of sp³-hybridized carbons (Fsp3) is 0.667. The van der Waals surface area contributed by atoms with E-state index in [1.807, 2.05) is 13.8 Å². The summed E-state index contributed by atoms with van der Waals surface area (Å²) >= 11 is 1.69. The van der Waals surface area contributed by atoms with Crippen molar-refractivity contribution < 1.29 is 4.74 Å². The first-order valence-corrected chi connectivity index (χ1v) is 6.97. The van der Waals surface area contributed by atoms with Crippen molar-refractivity contribution in [1.82, 2.24) is 9.88 Å². The van der Waals surface area contributed by atoms with Crippen LogP contribution in [0.3, 0.4) is 0 Å². The van der Waals surface area contributed by atoms with Crippen LogP contribution in [0.5, 0.6) is 0 Å². The van der Waals surface area contributed by atoms with Crippen LogP contribution in [-0.2, 0) is 11.3 Å². The summed E-state index contributed by atoms with van der Waals surface area (Å²) < 4.78 is 5.48. The van der Waals surface area contributed by atoms with Crippen molar-refractivity contribution in [2.24, 2.45) is 10.7 Å². The van der Waals surface area contributed by atoms with Gasteiger partial charge in [0, 0.05) is 18.0 Å². The van der Waals surface area contributed by atoms with Gasteiger partial charge < -0.3 is 15.4 Å². The van der Waals surface area contributed by atoms with E-state index < -0.39 is 0 Å². The molecule has 1 aliphatic heterocycles. The predicted molar refractivity (Wildman–Crippen MR) is 73.9 cm³/mol. The molecule has 0 spiro atoms. The summed E-state index contributed by atoms with van der Waals surface area (Å²) in [5.41, 5.74) is 7.09. The normalized spacial score (nSPS) is 21.4. The maximum Gasteiger partial charge on any atom is 0.191 e. The van der Waals surface area contributed by atoms with Gasteiger partial charge in [0.15, 0.2) is 5.96 Å². The Balaban J connectivity index is 1.95. The van der Waals surface area contributed by atoms with Gasteiger partial charge >= 0.3 is 0 Å². The molecule has 0 aliphatic carbocycles. The van der Waals surface area contributed by atoms with Crippen LogP contribution in [-0.4, -0.2) is 41.6 Å². The fourth-order valence-electron chi connectivity index (χ4n) is 1.88. The fourth-order valence-corrected chi connectivity index (χ4v) is 2.74. The maximum atomic E-state index is 6.00. The molecule has 0 bridgehead atoms. The van der Waals surface area contributed by atoms with Crippen LogP contribution in [0.25, 0.3) is 0 Å². The molecule has 5 nitrogen and oxygen atoms in total. The van der Waals surface area contributed by atoms with Crippen molar-refractivity contribution in [3.63, 3.8) is 0 Å². The smallest absolute Gasteiger partial charge is 0.191 e. The number of hydrogen-bond acceptors (Lipinski definition) is 4. The Hall–Kier alpha value is -1.14. The van der Waals surface area contributed by atoms with Gasteiger partial charge in [-0.1, -0.05) is 0 Å². The Labute approximate surface area is 112 Å². The van der Waals surface area contributed by atoms with Gasteiger partial charge in [-0.25, -0.2) is 9.98 Å². The molecule has 1 saturated heterocycles. The lowest BCUT2D eigenvalue weighted by atomic mass is 10.3. The molecule has 6 heteroatoms. The lowest BCUT2D eigenvalue weighted by Crippen LogP contribution is -2.47. The van der Waals surface area contributed by atoms with Gasteiger partial charge in [0.2, 0.25) is 0 Å². The minimum Gasteiger partial charge on any atom is -0.375 e. The highest BCUT2D eigenvalue weighted by Crippen LogP contribution is 2.17. The second-order valence-corrected chi connectivity index (χ2v) is 5.84. The maximum absolute atomic E-state index is 6.00. The van der Waals surface area contributed by atoms with Crippen LogP contribution in [0.15, 0.2) is 4.99 Å². The molecule has 2 N–H and O–H groups in total. The number of aromatic nitrogens is 1. The highest BCUT2D eigenvalue weighted by Gasteiger charge is 2.18. The molecule has 1 unspecified atom stereocenters. The largest absolute Gasteiger partial charge is 0.375 e. The minimum atomic E-state index is 0.219. The zero-order valence-electron chi connectivity index (χ0n) is 11.1. The molecule has 100 valence electrons. The third-order valence-electron chi connectivity index (χ3n) is 3.01. The molecule has 1 fully saturated rings. The first-order chi connectivity index (χ1) is 8.56. The summed E-state index contributed by atoms with van der Waals surface area (Å²) in [5, 5.41) is 1.02. The molecule has 1 atom stereocenters. The zero-order valence-corrected chi connectivity index (χ0v) is 12.0. The minimum absolute atomic E-state index is 0.219. The molecule has 1 aromatic heterocycles. The Kier molecular flexibility index (Phi) is 4.19. The monoisotopic (exact) mass is 268 g/mol. The Bertz CT molecular complexity index is 424. The lowest BCUT2D eigenvalue weighted by Gasteiger charge is -2.31. The molecular formula is C12H20N4OS. The summed E-state index contributed by atoms with van der Waals surface area (Å²) in [6.45, 7) is 9.05. The van der Waals surface area contributed by atoms with Crippen molar-refractivity contribution in [1.29, 1.82) is 0 Å². The number of thiazole rings is 1. The predicted octanol–water partition coefficient (Wildman–Crippen LogP) is 1.30. The third-order valence-corrected chi connectivity index (χ3v) is 4.07. The van der Waals surface area contributed by atoms with Crippen LogP contribution >= 0.6 is 11.3 Å². The van der Waals surface area contributed by atoms with E-state index in [4.69, 9.17) is 10.5 Å². The topological polar surface area (TPSA) is 63.7 Å². The van der Waals surface area contributed by atoms with Crippen molar-refractivity contribution >= 4 is 17.3 Å². The number of guanidine groups is 1. The van der Waals surface area contributed by atoms with E-state index in [1.165, 1.54) is 4.88 Å². The number of ether oxygens (including phenoxy) is 1. The molecule has 2 rings (SSSR count). The van der Waals surface area contributed by atoms with Crippen LogP contribution < -0.4 is 5.73 Å². The van der Waals surface area contributed by atoms with Gasteiger partial charge in [0.05, 0.1) is 24.9 Å². The van der Waals surface area contributed by atoms with Crippen LogP contribution in [0.4, 0.5) is 0 Å². The SMILES string of the molecule is Cc1nc(CN=C(N)N2CCOC(C)C2)sc1C. The van der Waals surface area contributed by atoms with Crippen LogP contribution in [0.1, 0.15) is 22.5 Å². The molecule has 0 radical (unpaired) electrons. The van der Waals surface area contributed by atoms with Gasteiger partial charge in [-0.2, -0.15) is 0 Å². The number of rotatable bonds is 2. The van der Waals surface area contributed by atoms with E-state index >= 15 is 0 Å². The number of aliphatic imine (C=N–C) groups is 1. The molecule has 0 saturated carbocycles. The molecule has 1 aromatic rings. The van der Waals surface area contributed by atoms with Gasteiger partial charge in [0.25, 0.3) is 0 Å². The van der Waals surface area contributed by atoms with E-state index in [1.54, 1.807) is 11.3 Å². The van der Waals surface area contributed by atoms with E-state index in [0.717, 1.165) is 23.8 Å². The van der Waals surface area contributed by atoms with Crippen molar-refractivity contribution in [2.75, 3.05) is 19.7 Å². The van der Waals surface area contributed by atoms with Crippen molar-refractivity contribution in [3.05, 3.63) is 15.6 Å². The van der Waals surface area contributed by atoms with Gasteiger partial charge in [-0.15, -0.1) is 11.3 Å². The number of nitrogens with two attached hydrogens (primary N) is 1. The first kappa shape index (κ1) is 13.3. The molecule has 2 heterocycles. The van der Waals surface area contributed by atoms with E-state index in [9.17, 15) is 0 Å². The average Bonchev–Trinajstić information content (AvgIpc) is 2.66. The molecular weight excluding hydrogens is 248 g/mol. The highest BCUT2D eigenvalue weighted by atomic mass is 32.1. The number of morpholine rings is 1. The lowest BCUT2D eigenvalue weighted by molar-refractivity contribution is 0.00529. The Morgan fingerprint density at radius 1 is 1.61 bits per heavy atom. The van der Waals surface area contributed by atoms with E-state index in [2.05, 4.69) is 21.8 Å². The Morgan fingerprint density at radius 2 is 2.39 bits per heavy atom. The summed E-state index contributed by atoms with van der Waals surface area (Å²) in [6, 6.07) is 0. The quantitative estimate of drug-likeness (QED) is 0.648. The first-order valence-electron chi connectivity index (χ1n) is 6.15. The number of nitrogens with zero attached hydrogens (tertiary/aromatic N) is 3. The van der Waals surface area contributed by atoms with Crippen LogP contribution in [0, 0.1) is 13.8 Å². The molecule has 18 heavy (non-hydrogen) atoms. The van der Waals surface area contributed by atoms with Gasteiger partial charge in [-0.3, -0.25) is 0 Å². The number of aryl methyl sites for hydroxylation is 2. The average molecular weight is 268 g/mol. The van der Waals surface area contributed by atoms with E-state index in [0.29, 0.717) is 19.1 Å².